The highest BCUT2D eigenvalue weighted by molar-refractivity contribution is 5.54. The third-order valence-corrected chi connectivity index (χ3v) is 4.05. The van der Waals surface area contributed by atoms with Gasteiger partial charge >= 0.3 is 0 Å². The first kappa shape index (κ1) is 17.6. The summed E-state index contributed by atoms with van der Waals surface area (Å²) in [7, 11) is 0. The predicted molar refractivity (Wildman–Crippen MR) is 87.4 cm³/mol. The molecule has 4 nitrogen and oxygen atoms in total. The first-order valence-corrected chi connectivity index (χ1v) is 7.89. The second kappa shape index (κ2) is 8.78. The fraction of sp³-hybridized carbons (Fsp3) is 0.647. The van der Waals surface area contributed by atoms with Crippen LogP contribution in [0.25, 0.3) is 0 Å². The van der Waals surface area contributed by atoms with Crippen LogP contribution in [-0.4, -0.2) is 31.5 Å². The standard InChI is InChI=1S/C17H29NO3/c1-5-17(6-2,13-19)12-18-14-9-10-15(20-7-3)16(11-14)21-8-4/h9-11,18-19H,5-8,12-13H2,1-4H3. The van der Waals surface area contributed by atoms with E-state index in [1.54, 1.807) is 0 Å². The zero-order valence-corrected chi connectivity index (χ0v) is 13.7. The number of anilines is 1. The van der Waals surface area contributed by atoms with E-state index in [2.05, 4.69) is 19.2 Å². The van der Waals surface area contributed by atoms with Gasteiger partial charge in [0.15, 0.2) is 11.5 Å². The van der Waals surface area contributed by atoms with Gasteiger partial charge in [-0.3, -0.25) is 0 Å². The number of benzene rings is 1. The Kier molecular flexibility index (Phi) is 7.37. The summed E-state index contributed by atoms with van der Waals surface area (Å²) in [5.74, 6) is 1.52. The summed E-state index contributed by atoms with van der Waals surface area (Å²) in [4.78, 5) is 0. The van der Waals surface area contributed by atoms with Crippen molar-refractivity contribution in [3.8, 4) is 11.5 Å². The third kappa shape index (κ3) is 4.81. The lowest BCUT2D eigenvalue weighted by molar-refractivity contribution is 0.127. The van der Waals surface area contributed by atoms with Crippen LogP contribution in [0.3, 0.4) is 0 Å². The first-order valence-electron chi connectivity index (χ1n) is 7.89. The second-order valence-corrected chi connectivity index (χ2v) is 5.25. The minimum Gasteiger partial charge on any atom is -0.490 e. The second-order valence-electron chi connectivity index (χ2n) is 5.25. The summed E-state index contributed by atoms with van der Waals surface area (Å²) in [5.41, 5.74) is 0.923. The molecule has 0 amide bonds. The fourth-order valence-corrected chi connectivity index (χ4v) is 2.23. The maximum Gasteiger partial charge on any atom is 0.163 e. The molecule has 0 saturated carbocycles. The molecule has 0 radical (unpaired) electrons. The molecular formula is C17H29NO3. The van der Waals surface area contributed by atoms with Crippen LogP contribution >= 0.6 is 0 Å². The minimum absolute atomic E-state index is 0.0651. The Hall–Kier alpha value is -1.42. The Balaban J connectivity index is 2.81. The number of ether oxygens (including phenoxy) is 2. The average molecular weight is 295 g/mol. The Labute approximate surface area is 128 Å². The molecule has 1 rings (SSSR count). The number of hydrogen-bond acceptors (Lipinski definition) is 4. The molecule has 0 aliphatic rings. The van der Waals surface area contributed by atoms with Crippen molar-refractivity contribution in [1.29, 1.82) is 0 Å². The summed E-state index contributed by atoms with van der Waals surface area (Å²) in [5, 5.41) is 13.0. The van der Waals surface area contributed by atoms with Crippen molar-refractivity contribution < 1.29 is 14.6 Å². The predicted octanol–water partition coefficient (Wildman–Crippen LogP) is 3.69. The Morgan fingerprint density at radius 2 is 1.62 bits per heavy atom. The van der Waals surface area contributed by atoms with E-state index in [9.17, 15) is 5.11 Å². The van der Waals surface area contributed by atoms with Gasteiger partial charge in [0, 0.05) is 23.7 Å². The normalized spacial score (nSPS) is 11.3. The molecule has 0 atom stereocenters. The van der Waals surface area contributed by atoms with Crippen LogP contribution in [0, 0.1) is 5.41 Å². The molecule has 0 bridgehead atoms. The van der Waals surface area contributed by atoms with Crippen molar-refractivity contribution in [3.05, 3.63) is 18.2 Å². The van der Waals surface area contributed by atoms with Gasteiger partial charge in [0.05, 0.1) is 19.8 Å². The van der Waals surface area contributed by atoms with Gasteiger partial charge in [0.1, 0.15) is 0 Å². The molecule has 1 aromatic rings. The van der Waals surface area contributed by atoms with E-state index in [1.807, 2.05) is 32.0 Å². The Morgan fingerprint density at radius 1 is 1.00 bits per heavy atom. The average Bonchev–Trinajstić information content (AvgIpc) is 2.52. The number of rotatable bonds is 10. The van der Waals surface area contributed by atoms with Crippen LogP contribution in [0.4, 0.5) is 5.69 Å². The largest absolute Gasteiger partial charge is 0.490 e. The zero-order chi connectivity index (χ0) is 15.7. The van der Waals surface area contributed by atoms with Gasteiger partial charge in [-0.2, -0.15) is 0 Å². The van der Waals surface area contributed by atoms with Crippen molar-refractivity contribution in [2.45, 2.75) is 40.5 Å². The summed E-state index contributed by atoms with van der Waals surface area (Å²) in [6.07, 6.45) is 1.89. The summed E-state index contributed by atoms with van der Waals surface area (Å²) in [6.45, 7) is 10.3. The smallest absolute Gasteiger partial charge is 0.163 e. The highest BCUT2D eigenvalue weighted by Gasteiger charge is 2.24. The number of nitrogens with one attached hydrogen (secondary N) is 1. The summed E-state index contributed by atoms with van der Waals surface area (Å²) >= 11 is 0. The van der Waals surface area contributed by atoms with Gasteiger partial charge in [0.2, 0.25) is 0 Å². The summed E-state index contributed by atoms with van der Waals surface area (Å²) in [6, 6.07) is 5.87. The highest BCUT2D eigenvalue weighted by atomic mass is 16.5. The van der Waals surface area contributed by atoms with E-state index < -0.39 is 0 Å². The highest BCUT2D eigenvalue weighted by Crippen LogP contribution is 2.32. The molecular weight excluding hydrogens is 266 g/mol. The van der Waals surface area contributed by atoms with Crippen molar-refractivity contribution in [2.75, 3.05) is 31.7 Å². The first-order chi connectivity index (χ1) is 10.1. The number of hydrogen-bond donors (Lipinski definition) is 2. The maximum absolute atomic E-state index is 9.62. The van der Waals surface area contributed by atoms with E-state index in [-0.39, 0.29) is 12.0 Å². The Bertz CT molecular complexity index is 408. The molecule has 0 aromatic heterocycles. The van der Waals surface area contributed by atoms with Crippen molar-refractivity contribution in [1.82, 2.24) is 0 Å². The molecule has 0 unspecified atom stereocenters. The molecule has 21 heavy (non-hydrogen) atoms. The molecule has 2 N–H and O–H groups in total. The van der Waals surface area contributed by atoms with Crippen molar-refractivity contribution >= 4 is 5.69 Å². The summed E-state index contributed by atoms with van der Waals surface area (Å²) < 4.78 is 11.2. The van der Waals surface area contributed by atoms with Crippen LogP contribution < -0.4 is 14.8 Å². The molecule has 120 valence electrons. The van der Waals surface area contributed by atoms with Gasteiger partial charge in [-0.05, 0) is 38.8 Å². The Morgan fingerprint density at radius 3 is 2.14 bits per heavy atom. The minimum atomic E-state index is -0.0651. The number of aliphatic hydroxyl groups excluding tert-OH is 1. The SMILES string of the molecule is CCOc1ccc(NCC(CC)(CC)CO)cc1OCC. The van der Waals surface area contributed by atoms with Gasteiger partial charge < -0.3 is 19.9 Å². The van der Waals surface area contributed by atoms with E-state index in [0.717, 1.165) is 36.6 Å². The van der Waals surface area contributed by atoms with Crippen LogP contribution in [0.5, 0.6) is 11.5 Å². The van der Waals surface area contributed by atoms with Gasteiger partial charge in [0.25, 0.3) is 0 Å². The molecule has 0 spiro atoms. The van der Waals surface area contributed by atoms with Crippen LogP contribution in [0.15, 0.2) is 18.2 Å². The molecule has 0 aliphatic carbocycles. The lowest BCUT2D eigenvalue weighted by Gasteiger charge is -2.30. The van der Waals surface area contributed by atoms with E-state index in [1.165, 1.54) is 0 Å². The molecule has 0 heterocycles. The molecule has 0 saturated heterocycles. The van der Waals surface area contributed by atoms with E-state index in [4.69, 9.17) is 9.47 Å². The van der Waals surface area contributed by atoms with Gasteiger partial charge in [-0.1, -0.05) is 13.8 Å². The van der Waals surface area contributed by atoms with Crippen molar-refractivity contribution in [3.63, 3.8) is 0 Å². The van der Waals surface area contributed by atoms with Gasteiger partial charge in [-0.25, -0.2) is 0 Å². The van der Waals surface area contributed by atoms with E-state index in [0.29, 0.717) is 13.2 Å². The monoisotopic (exact) mass is 295 g/mol. The number of aliphatic hydroxyl groups is 1. The quantitative estimate of drug-likeness (QED) is 0.691. The van der Waals surface area contributed by atoms with Gasteiger partial charge in [-0.15, -0.1) is 0 Å². The van der Waals surface area contributed by atoms with E-state index >= 15 is 0 Å². The van der Waals surface area contributed by atoms with Crippen LogP contribution in [-0.2, 0) is 0 Å². The zero-order valence-electron chi connectivity index (χ0n) is 13.7. The third-order valence-electron chi connectivity index (χ3n) is 4.05. The lowest BCUT2D eigenvalue weighted by Crippen LogP contribution is -2.32. The molecule has 0 fully saturated rings. The van der Waals surface area contributed by atoms with Crippen LogP contribution in [0.1, 0.15) is 40.5 Å². The lowest BCUT2D eigenvalue weighted by atomic mass is 9.83. The topological polar surface area (TPSA) is 50.7 Å². The van der Waals surface area contributed by atoms with Crippen LogP contribution in [0.2, 0.25) is 0 Å². The fourth-order valence-electron chi connectivity index (χ4n) is 2.23. The molecule has 0 aliphatic heterocycles. The molecule has 4 heteroatoms. The molecule has 1 aromatic carbocycles. The maximum atomic E-state index is 9.62. The van der Waals surface area contributed by atoms with Crippen molar-refractivity contribution in [2.24, 2.45) is 5.41 Å².